The van der Waals surface area contributed by atoms with Crippen molar-refractivity contribution < 1.29 is 14.6 Å². The molecular weight excluding hydrogens is 340 g/mol. The molecule has 5 heteroatoms. The van der Waals surface area contributed by atoms with Crippen LogP contribution in [0.25, 0.3) is 10.9 Å². The number of aliphatic hydroxyl groups excluding tert-OH is 1. The molecular formula is C22H26N2O3. The number of H-pyrrole nitrogens is 1. The molecule has 1 aliphatic rings. The molecule has 2 N–H and O–H groups in total. The minimum absolute atomic E-state index is 0.215. The van der Waals surface area contributed by atoms with E-state index in [1.807, 2.05) is 18.2 Å². The van der Waals surface area contributed by atoms with Crippen LogP contribution in [0.1, 0.15) is 35.9 Å². The van der Waals surface area contributed by atoms with Gasteiger partial charge in [0.1, 0.15) is 11.5 Å². The number of nitrogens with zero attached hydrogens (tertiary/aromatic N) is 1. The van der Waals surface area contributed by atoms with Gasteiger partial charge < -0.3 is 19.6 Å². The number of aromatic nitrogens is 1. The van der Waals surface area contributed by atoms with Crippen molar-refractivity contribution in [3.63, 3.8) is 0 Å². The van der Waals surface area contributed by atoms with Crippen LogP contribution in [-0.2, 0) is 6.42 Å². The first-order valence-corrected chi connectivity index (χ1v) is 9.36. The van der Waals surface area contributed by atoms with Crippen LogP contribution in [0.4, 0.5) is 0 Å². The predicted octanol–water partition coefficient (Wildman–Crippen LogP) is 3.84. The Morgan fingerprint density at radius 3 is 2.78 bits per heavy atom. The lowest BCUT2D eigenvalue weighted by Gasteiger charge is -2.35. The first kappa shape index (κ1) is 17.9. The maximum Gasteiger partial charge on any atom is 0.124 e. The largest absolute Gasteiger partial charge is 0.497 e. The number of aliphatic hydroxyl groups is 1. The number of benzene rings is 2. The Labute approximate surface area is 159 Å². The fourth-order valence-electron chi connectivity index (χ4n) is 4.15. The van der Waals surface area contributed by atoms with Gasteiger partial charge in [-0.15, -0.1) is 0 Å². The Bertz CT molecular complexity index is 950. The first-order valence-electron chi connectivity index (χ1n) is 9.36. The van der Waals surface area contributed by atoms with Crippen LogP contribution >= 0.6 is 0 Å². The fourth-order valence-corrected chi connectivity index (χ4v) is 4.15. The topological polar surface area (TPSA) is 57.7 Å². The quantitative estimate of drug-likeness (QED) is 0.720. The lowest BCUT2D eigenvalue weighted by atomic mass is 9.97. The molecule has 2 atom stereocenters. The Hall–Kier alpha value is -2.50. The van der Waals surface area contributed by atoms with Gasteiger partial charge in [0.25, 0.3) is 0 Å². The van der Waals surface area contributed by atoms with Crippen molar-refractivity contribution in [2.45, 2.75) is 25.5 Å². The number of ether oxygens (including phenoxy) is 2. The summed E-state index contributed by atoms with van der Waals surface area (Å²) in [5.74, 6) is 1.40. The van der Waals surface area contributed by atoms with Gasteiger partial charge in [-0.1, -0.05) is 18.2 Å². The van der Waals surface area contributed by atoms with Gasteiger partial charge in [-0.3, -0.25) is 4.90 Å². The second-order valence-electron chi connectivity index (χ2n) is 7.11. The predicted molar refractivity (Wildman–Crippen MR) is 106 cm³/mol. The molecule has 0 bridgehead atoms. The number of hydrogen-bond donors (Lipinski definition) is 2. The summed E-state index contributed by atoms with van der Waals surface area (Å²) in [7, 11) is 3.25. The summed E-state index contributed by atoms with van der Waals surface area (Å²) >= 11 is 0. The maximum atomic E-state index is 10.9. The standard InChI is InChI=1S/C22H26N2O3/c1-14-22-17(16-6-4-5-7-19(16)23-22)10-11-24(14)13-20(25)18-12-15(26-2)8-9-21(18)27-3/h4-9,12,14,20,23,25H,10-11,13H2,1-3H3/t14-,20+/m1/s1. The molecule has 5 nitrogen and oxygen atoms in total. The van der Waals surface area contributed by atoms with Crippen molar-refractivity contribution in [3.8, 4) is 11.5 Å². The Kier molecular flexibility index (Phi) is 4.81. The molecule has 0 saturated heterocycles. The van der Waals surface area contributed by atoms with Gasteiger partial charge >= 0.3 is 0 Å². The molecule has 0 saturated carbocycles. The summed E-state index contributed by atoms with van der Waals surface area (Å²) in [6, 6.07) is 14.2. The van der Waals surface area contributed by atoms with E-state index in [9.17, 15) is 5.11 Å². The van der Waals surface area contributed by atoms with E-state index < -0.39 is 6.10 Å². The summed E-state index contributed by atoms with van der Waals surface area (Å²) in [5, 5.41) is 12.2. The van der Waals surface area contributed by atoms with Crippen molar-refractivity contribution >= 4 is 10.9 Å². The molecule has 0 aliphatic carbocycles. The number of fused-ring (bicyclic) bond motifs is 3. The van der Waals surface area contributed by atoms with Gasteiger partial charge in [-0.25, -0.2) is 0 Å². The molecule has 2 aromatic carbocycles. The SMILES string of the molecule is COc1ccc(OC)c([C@@H](O)CN2CCc3c([nH]c4ccccc34)[C@H]2C)c1. The van der Waals surface area contributed by atoms with Crippen LogP contribution in [0.2, 0.25) is 0 Å². The summed E-state index contributed by atoms with van der Waals surface area (Å²) in [5.41, 5.74) is 4.60. The van der Waals surface area contributed by atoms with E-state index in [-0.39, 0.29) is 6.04 Å². The Morgan fingerprint density at radius 1 is 1.19 bits per heavy atom. The summed E-state index contributed by atoms with van der Waals surface area (Å²) in [4.78, 5) is 5.90. The van der Waals surface area contributed by atoms with E-state index in [0.717, 1.165) is 24.3 Å². The van der Waals surface area contributed by atoms with Crippen molar-refractivity contribution in [2.75, 3.05) is 27.3 Å². The molecule has 2 heterocycles. The van der Waals surface area contributed by atoms with E-state index in [4.69, 9.17) is 9.47 Å². The number of hydrogen-bond acceptors (Lipinski definition) is 4. The zero-order chi connectivity index (χ0) is 19.0. The highest BCUT2D eigenvalue weighted by Crippen LogP contribution is 2.36. The molecule has 1 aromatic heterocycles. The molecule has 0 amide bonds. The van der Waals surface area contributed by atoms with E-state index in [2.05, 4.69) is 41.1 Å². The first-order chi connectivity index (χ1) is 13.1. The summed E-state index contributed by atoms with van der Waals surface area (Å²) in [6.45, 7) is 3.65. The van der Waals surface area contributed by atoms with E-state index in [1.54, 1.807) is 14.2 Å². The number of rotatable bonds is 5. The lowest BCUT2D eigenvalue weighted by Crippen LogP contribution is -2.37. The second kappa shape index (κ2) is 7.25. The molecule has 0 fully saturated rings. The zero-order valence-corrected chi connectivity index (χ0v) is 16.0. The van der Waals surface area contributed by atoms with Gasteiger partial charge in [0.05, 0.1) is 20.3 Å². The molecule has 3 aromatic rings. The zero-order valence-electron chi connectivity index (χ0n) is 16.0. The lowest BCUT2D eigenvalue weighted by molar-refractivity contribution is 0.0837. The van der Waals surface area contributed by atoms with E-state index >= 15 is 0 Å². The molecule has 1 aliphatic heterocycles. The number of methoxy groups -OCH3 is 2. The summed E-state index contributed by atoms with van der Waals surface area (Å²) in [6.07, 6.45) is 0.328. The van der Waals surface area contributed by atoms with Gasteiger partial charge in [-0.05, 0) is 43.2 Å². The van der Waals surface area contributed by atoms with Crippen molar-refractivity contribution in [2.24, 2.45) is 0 Å². The van der Waals surface area contributed by atoms with E-state index in [0.29, 0.717) is 12.3 Å². The third-order valence-corrected chi connectivity index (χ3v) is 5.66. The Balaban J connectivity index is 1.58. The minimum atomic E-state index is -0.650. The molecule has 142 valence electrons. The monoisotopic (exact) mass is 366 g/mol. The smallest absolute Gasteiger partial charge is 0.124 e. The molecule has 4 rings (SSSR count). The highest BCUT2D eigenvalue weighted by Gasteiger charge is 2.29. The molecule has 27 heavy (non-hydrogen) atoms. The number of β-amino-alcohol motifs (C(OH)–C–C–N with tert-alkyl or cyclic N) is 1. The van der Waals surface area contributed by atoms with Crippen molar-refractivity contribution in [1.29, 1.82) is 0 Å². The van der Waals surface area contributed by atoms with Crippen LogP contribution in [0.15, 0.2) is 42.5 Å². The van der Waals surface area contributed by atoms with Crippen molar-refractivity contribution in [3.05, 3.63) is 59.3 Å². The van der Waals surface area contributed by atoms with Crippen LogP contribution < -0.4 is 9.47 Å². The molecule has 0 radical (unpaired) electrons. The highest BCUT2D eigenvalue weighted by atomic mass is 16.5. The summed E-state index contributed by atoms with van der Waals surface area (Å²) < 4.78 is 10.7. The van der Waals surface area contributed by atoms with Crippen LogP contribution in [0.3, 0.4) is 0 Å². The minimum Gasteiger partial charge on any atom is -0.497 e. The number of aromatic amines is 1. The third kappa shape index (κ3) is 3.17. The molecule has 0 spiro atoms. The third-order valence-electron chi connectivity index (χ3n) is 5.66. The maximum absolute atomic E-state index is 10.9. The van der Waals surface area contributed by atoms with Gasteiger partial charge in [0.2, 0.25) is 0 Å². The normalized spacial score (nSPS) is 18.3. The number of nitrogens with one attached hydrogen (secondary N) is 1. The number of para-hydroxylation sites is 1. The van der Waals surface area contributed by atoms with Crippen LogP contribution in [0.5, 0.6) is 11.5 Å². The van der Waals surface area contributed by atoms with E-state index in [1.165, 1.54) is 22.2 Å². The highest BCUT2D eigenvalue weighted by molar-refractivity contribution is 5.85. The average Bonchev–Trinajstić information content (AvgIpc) is 3.09. The van der Waals surface area contributed by atoms with Gasteiger partial charge in [-0.2, -0.15) is 0 Å². The average molecular weight is 366 g/mol. The Morgan fingerprint density at radius 2 is 2.00 bits per heavy atom. The second-order valence-corrected chi connectivity index (χ2v) is 7.11. The molecule has 0 unspecified atom stereocenters. The van der Waals surface area contributed by atoms with Crippen molar-refractivity contribution in [1.82, 2.24) is 9.88 Å². The van der Waals surface area contributed by atoms with Crippen LogP contribution in [0, 0.1) is 0 Å². The van der Waals surface area contributed by atoms with Crippen LogP contribution in [-0.4, -0.2) is 42.3 Å². The van der Waals surface area contributed by atoms with Gasteiger partial charge in [0, 0.05) is 41.3 Å². The van der Waals surface area contributed by atoms with Gasteiger partial charge in [0.15, 0.2) is 0 Å². The fraction of sp³-hybridized carbons (Fsp3) is 0.364.